The molecule has 0 rings (SSSR count). The minimum Gasteiger partial charge on any atom is -0.481 e. The quantitative estimate of drug-likeness (QED) is 0.418. The van der Waals surface area contributed by atoms with Crippen molar-refractivity contribution in [1.82, 2.24) is 5.32 Å². The number of carbonyl (C=O) groups excluding carboxylic acids is 2. The number of nitrogens with two attached hydrogens (primary N) is 1. The summed E-state index contributed by atoms with van der Waals surface area (Å²) < 4.78 is 0. The van der Waals surface area contributed by atoms with Crippen LogP contribution in [0.2, 0.25) is 0 Å². The molecule has 0 radical (unpaired) electrons. The smallest absolute Gasteiger partial charge is 0.307 e. The third kappa shape index (κ3) is 15.5. The van der Waals surface area contributed by atoms with Gasteiger partial charge in [-0.1, -0.05) is 40.5 Å². The number of aliphatic carboxylic acids is 1. The fourth-order valence-electron chi connectivity index (χ4n) is 2.79. The van der Waals surface area contributed by atoms with E-state index in [-0.39, 0.29) is 17.7 Å². The van der Waals surface area contributed by atoms with Crippen molar-refractivity contribution >= 4 is 17.8 Å². The van der Waals surface area contributed by atoms with Gasteiger partial charge in [0.15, 0.2) is 0 Å². The summed E-state index contributed by atoms with van der Waals surface area (Å²) in [5.74, 6) is 9.77. The predicted octanol–water partition coefficient (Wildman–Crippen LogP) is 3.73. The van der Waals surface area contributed by atoms with Crippen LogP contribution < -0.4 is 11.1 Å². The molecule has 0 aliphatic heterocycles. The van der Waals surface area contributed by atoms with Crippen LogP contribution in [-0.4, -0.2) is 28.9 Å². The highest BCUT2D eigenvalue weighted by atomic mass is 16.4. The normalized spacial score (nSPS) is 12.6. The molecule has 0 unspecified atom stereocenters. The lowest BCUT2D eigenvalue weighted by atomic mass is 9.97. The van der Waals surface area contributed by atoms with Gasteiger partial charge in [0.1, 0.15) is 6.04 Å². The van der Waals surface area contributed by atoms with Gasteiger partial charge in [0.2, 0.25) is 11.8 Å². The molecular formula is C24H40N2O4. The van der Waals surface area contributed by atoms with Gasteiger partial charge in [-0.2, -0.15) is 0 Å². The van der Waals surface area contributed by atoms with Gasteiger partial charge in [0, 0.05) is 18.8 Å². The molecular weight excluding hydrogens is 380 g/mol. The van der Waals surface area contributed by atoms with Crippen LogP contribution in [0.4, 0.5) is 0 Å². The first-order chi connectivity index (χ1) is 14.1. The van der Waals surface area contributed by atoms with Crippen LogP contribution in [0.3, 0.4) is 0 Å². The maximum atomic E-state index is 12.1. The van der Waals surface area contributed by atoms with Gasteiger partial charge >= 0.3 is 5.97 Å². The monoisotopic (exact) mass is 420 g/mol. The molecule has 3 atom stereocenters. The van der Waals surface area contributed by atoms with Gasteiger partial charge < -0.3 is 16.2 Å². The second-order valence-corrected chi connectivity index (χ2v) is 7.66. The highest BCUT2D eigenvalue weighted by Crippen LogP contribution is 2.13. The van der Waals surface area contributed by atoms with E-state index in [0.29, 0.717) is 25.2 Å². The zero-order valence-corrected chi connectivity index (χ0v) is 19.5. The molecule has 0 fully saturated rings. The lowest BCUT2D eigenvalue weighted by Gasteiger charge is -2.20. The van der Waals surface area contributed by atoms with Crippen LogP contribution in [0, 0.1) is 41.4 Å². The highest BCUT2D eigenvalue weighted by molar-refractivity contribution is 5.87. The van der Waals surface area contributed by atoms with Crippen molar-refractivity contribution in [3.63, 3.8) is 0 Å². The van der Waals surface area contributed by atoms with Crippen molar-refractivity contribution in [2.24, 2.45) is 23.5 Å². The van der Waals surface area contributed by atoms with E-state index in [4.69, 9.17) is 10.8 Å². The van der Waals surface area contributed by atoms with E-state index in [9.17, 15) is 14.4 Å². The Bertz CT molecular complexity index is 635. The molecule has 30 heavy (non-hydrogen) atoms. The summed E-state index contributed by atoms with van der Waals surface area (Å²) in [7, 11) is 0. The molecule has 0 heterocycles. The largest absolute Gasteiger partial charge is 0.481 e. The van der Waals surface area contributed by atoms with Crippen LogP contribution in [0.1, 0.15) is 86.5 Å². The number of hydrogen-bond acceptors (Lipinski definition) is 3. The Morgan fingerprint density at radius 3 is 1.77 bits per heavy atom. The topological polar surface area (TPSA) is 109 Å². The van der Waals surface area contributed by atoms with Crippen LogP contribution in [0.5, 0.6) is 0 Å². The third-order valence-electron chi connectivity index (χ3n) is 4.41. The standard InChI is InChI=1S/C15H26N2O2.C9H14O2/c1-5-7-9-12(8-6-2)15(19)17-13(14(16)18)10-11(3)4;1-3-5-7-8(6-4-2)9(10)11/h11-13H,6,8-10H2,1-4H3,(H2,16,18)(H,17,19);8H,4,6-7H2,1-2H3,(H,10,11)/t12-,13+;8-/m11/s1. The summed E-state index contributed by atoms with van der Waals surface area (Å²) in [4.78, 5) is 34.0. The Kier molecular flexibility index (Phi) is 18.4. The maximum absolute atomic E-state index is 12.1. The second-order valence-electron chi connectivity index (χ2n) is 7.66. The number of hydrogen-bond donors (Lipinski definition) is 3. The van der Waals surface area contributed by atoms with Crippen molar-refractivity contribution in [3.8, 4) is 23.7 Å². The second kappa shape index (κ2) is 18.6. The fourth-order valence-corrected chi connectivity index (χ4v) is 2.79. The van der Waals surface area contributed by atoms with E-state index in [1.807, 2.05) is 27.7 Å². The lowest BCUT2D eigenvalue weighted by molar-refractivity contribution is -0.141. The van der Waals surface area contributed by atoms with E-state index in [2.05, 4.69) is 29.0 Å². The van der Waals surface area contributed by atoms with E-state index < -0.39 is 17.9 Å². The summed E-state index contributed by atoms with van der Waals surface area (Å²) >= 11 is 0. The van der Waals surface area contributed by atoms with Crippen molar-refractivity contribution in [1.29, 1.82) is 0 Å². The Balaban J connectivity index is 0. The van der Waals surface area contributed by atoms with Crippen LogP contribution in [-0.2, 0) is 14.4 Å². The summed E-state index contributed by atoms with van der Waals surface area (Å²) in [6.07, 6.45) is 4.90. The van der Waals surface area contributed by atoms with Gasteiger partial charge in [-0.3, -0.25) is 14.4 Å². The molecule has 0 aliphatic carbocycles. The van der Waals surface area contributed by atoms with Gasteiger partial charge in [0.05, 0.1) is 5.92 Å². The van der Waals surface area contributed by atoms with E-state index in [1.54, 1.807) is 13.8 Å². The molecule has 0 aromatic carbocycles. The van der Waals surface area contributed by atoms with Gasteiger partial charge in [-0.05, 0) is 39.0 Å². The Morgan fingerprint density at radius 1 is 0.933 bits per heavy atom. The van der Waals surface area contributed by atoms with E-state index in [0.717, 1.165) is 25.7 Å². The number of nitrogens with one attached hydrogen (secondary N) is 1. The molecule has 0 aliphatic rings. The molecule has 0 spiro atoms. The SMILES string of the molecule is CC#CC[C@@H](CCC)C(=O)N[C@@H](CC(C)C)C(N)=O.CC#CC[C@@H](CCC)C(=O)O. The molecule has 6 nitrogen and oxygen atoms in total. The zero-order valence-electron chi connectivity index (χ0n) is 19.5. The Morgan fingerprint density at radius 2 is 1.40 bits per heavy atom. The van der Waals surface area contributed by atoms with Crippen LogP contribution >= 0.6 is 0 Å². The molecule has 0 aromatic heterocycles. The average Bonchev–Trinajstić information content (AvgIpc) is 2.67. The fraction of sp³-hybridized carbons (Fsp3) is 0.708. The van der Waals surface area contributed by atoms with E-state index in [1.165, 1.54) is 0 Å². The number of rotatable bonds is 12. The first-order valence-electron chi connectivity index (χ1n) is 10.8. The molecule has 0 aromatic rings. The number of carboxylic acid groups (broad SMARTS) is 1. The van der Waals surface area contributed by atoms with Gasteiger partial charge in [-0.25, -0.2) is 0 Å². The third-order valence-corrected chi connectivity index (χ3v) is 4.41. The minimum absolute atomic E-state index is 0.117. The van der Waals surface area contributed by atoms with Crippen molar-refractivity contribution < 1.29 is 19.5 Å². The molecule has 170 valence electrons. The first kappa shape index (κ1) is 29.7. The Hall–Kier alpha value is -2.47. The zero-order chi connectivity index (χ0) is 23.5. The van der Waals surface area contributed by atoms with Crippen molar-refractivity contribution in [2.45, 2.75) is 92.5 Å². The molecule has 0 saturated heterocycles. The number of carboxylic acids is 1. The molecule has 2 amide bonds. The van der Waals surface area contributed by atoms with Crippen molar-refractivity contribution in [2.75, 3.05) is 0 Å². The van der Waals surface area contributed by atoms with Crippen LogP contribution in [0.25, 0.3) is 0 Å². The summed E-state index contributed by atoms with van der Waals surface area (Å²) in [5, 5.41) is 11.4. The van der Waals surface area contributed by atoms with Crippen molar-refractivity contribution in [3.05, 3.63) is 0 Å². The summed E-state index contributed by atoms with van der Waals surface area (Å²) in [5.41, 5.74) is 5.33. The average molecular weight is 421 g/mol. The number of amides is 2. The van der Waals surface area contributed by atoms with E-state index >= 15 is 0 Å². The van der Waals surface area contributed by atoms with Gasteiger partial charge in [-0.15, -0.1) is 23.7 Å². The lowest BCUT2D eigenvalue weighted by Crippen LogP contribution is -2.47. The molecule has 6 heteroatoms. The number of carbonyl (C=O) groups is 3. The van der Waals surface area contributed by atoms with Gasteiger partial charge in [0.25, 0.3) is 0 Å². The highest BCUT2D eigenvalue weighted by Gasteiger charge is 2.23. The van der Waals surface area contributed by atoms with Crippen LogP contribution in [0.15, 0.2) is 0 Å². The molecule has 0 bridgehead atoms. The minimum atomic E-state index is -0.727. The molecule has 4 N–H and O–H groups in total. The number of primary amides is 1. The summed E-state index contributed by atoms with van der Waals surface area (Å²) in [6.45, 7) is 11.5. The predicted molar refractivity (Wildman–Crippen MR) is 121 cm³/mol. The summed E-state index contributed by atoms with van der Waals surface area (Å²) in [6, 6.07) is -0.582. The Labute approximate surface area is 182 Å². The maximum Gasteiger partial charge on any atom is 0.307 e. The molecule has 0 saturated carbocycles. The first-order valence-corrected chi connectivity index (χ1v) is 10.8.